The van der Waals surface area contributed by atoms with Crippen molar-refractivity contribution in [3.05, 3.63) is 28.2 Å². The molecular formula is C16H21BrFN3O3. The number of rotatable bonds is 7. The second-order valence-corrected chi connectivity index (χ2v) is 6.78. The van der Waals surface area contributed by atoms with Gasteiger partial charge in [-0.3, -0.25) is 14.6 Å². The minimum absolute atomic E-state index is 0.213. The van der Waals surface area contributed by atoms with Crippen molar-refractivity contribution in [3.8, 4) is 5.75 Å². The molecule has 1 rings (SSSR count). The normalized spacial score (nSPS) is 10.9. The highest BCUT2D eigenvalue weighted by Gasteiger charge is 2.20. The summed E-state index contributed by atoms with van der Waals surface area (Å²) >= 11 is 3.40. The molecule has 0 saturated carbocycles. The van der Waals surface area contributed by atoms with Crippen molar-refractivity contribution in [1.29, 1.82) is 5.41 Å². The molecule has 1 aromatic rings. The zero-order valence-corrected chi connectivity index (χ0v) is 15.5. The van der Waals surface area contributed by atoms with Gasteiger partial charge in [0.15, 0.2) is 0 Å². The minimum atomic E-state index is -0.558. The number of carbonyl (C=O) groups excluding carboxylic acids is 1. The second-order valence-electron chi connectivity index (χ2n) is 5.92. The fourth-order valence-electron chi connectivity index (χ4n) is 1.74. The van der Waals surface area contributed by atoms with Gasteiger partial charge in [0.1, 0.15) is 5.75 Å². The monoisotopic (exact) mass is 401 g/mol. The van der Waals surface area contributed by atoms with Crippen LogP contribution >= 0.6 is 15.9 Å². The molecule has 0 heterocycles. The maximum absolute atomic E-state index is 12.1. The molecule has 0 bridgehead atoms. The second kappa shape index (κ2) is 9.52. The molecule has 0 saturated heterocycles. The van der Waals surface area contributed by atoms with Crippen molar-refractivity contribution in [3.63, 3.8) is 0 Å². The van der Waals surface area contributed by atoms with E-state index in [4.69, 9.17) is 15.0 Å². The van der Waals surface area contributed by atoms with Crippen LogP contribution in [0.25, 0.3) is 0 Å². The number of alkyl halides is 1. The van der Waals surface area contributed by atoms with Gasteiger partial charge in [-0.1, -0.05) is 6.07 Å². The van der Waals surface area contributed by atoms with Crippen molar-refractivity contribution >= 4 is 28.0 Å². The largest absolute Gasteiger partial charge is 0.492 e. The summed E-state index contributed by atoms with van der Waals surface area (Å²) in [5.41, 5.74) is 0.256. The number of benzene rings is 1. The Hall–Kier alpha value is -1.76. The van der Waals surface area contributed by atoms with Crippen molar-refractivity contribution < 1.29 is 18.8 Å². The molecule has 0 unspecified atom stereocenters. The molecule has 0 spiro atoms. The third-order valence-corrected chi connectivity index (χ3v) is 3.25. The molecule has 0 aliphatic heterocycles. The van der Waals surface area contributed by atoms with E-state index in [1.54, 1.807) is 12.1 Å². The summed E-state index contributed by atoms with van der Waals surface area (Å²) < 4.78 is 18.3. The van der Waals surface area contributed by atoms with E-state index in [2.05, 4.69) is 20.9 Å². The van der Waals surface area contributed by atoms with E-state index < -0.39 is 12.3 Å². The third kappa shape index (κ3) is 7.21. The number of ether oxygens (including phenoxy) is 1. The molecule has 0 amide bonds. The van der Waals surface area contributed by atoms with Crippen LogP contribution in [0.5, 0.6) is 5.75 Å². The van der Waals surface area contributed by atoms with Gasteiger partial charge in [0, 0.05) is 6.42 Å². The topological polar surface area (TPSA) is 75.0 Å². The van der Waals surface area contributed by atoms with E-state index in [1.807, 2.05) is 26.8 Å². The average Bonchev–Trinajstić information content (AvgIpc) is 2.48. The predicted octanol–water partition coefficient (Wildman–Crippen LogP) is 3.99. The number of guanidine groups is 1. The smallest absolute Gasteiger partial charge is 0.253 e. The molecule has 0 atom stereocenters. The van der Waals surface area contributed by atoms with Crippen LogP contribution in [0.4, 0.5) is 4.39 Å². The molecule has 0 radical (unpaired) electrons. The number of hydrogen-bond acceptors (Lipinski definition) is 4. The summed E-state index contributed by atoms with van der Waals surface area (Å²) in [7, 11) is 0. The van der Waals surface area contributed by atoms with Gasteiger partial charge in [-0.05, 0) is 54.4 Å². The van der Waals surface area contributed by atoms with E-state index in [0.29, 0.717) is 23.2 Å². The molecule has 1 N–H and O–H groups in total. The molecule has 0 aromatic heterocycles. The molecule has 132 valence electrons. The predicted molar refractivity (Wildman–Crippen MR) is 92.5 cm³/mol. The van der Waals surface area contributed by atoms with E-state index in [9.17, 15) is 9.18 Å². The number of isocyanates is 1. The molecule has 0 aliphatic rings. The van der Waals surface area contributed by atoms with Gasteiger partial charge in [0.25, 0.3) is 5.96 Å². The van der Waals surface area contributed by atoms with Gasteiger partial charge in [-0.2, -0.15) is 0 Å². The molecule has 0 fully saturated rings. The van der Waals surface area contributed by atoms with Gasteiger partial charge in [-0.25, -0.2) is 9.86 Å². The summed E-state index contributed by atoms with van der Waals surface area (Å²) in [6.07, 6.45) is 1.67. The van der Waals surface area contributed by atoms with Crippen LogP contribution in [0.15, 0.2) is 27.7 Å². The van der Waals surface area contributed by atoms with Crippen LogP contribution in [0.1, 0.15) is 32.8 Å². The van der Waals surface area contributed by atoms with E-state index in [1.165, 1.54) is 11.1 Å². The van der Waals surface area contributed by atoms with Crippen molar-refractivity contribution in [2.75, 3.05) is 13.3 Å². The zero-order chi connectivity index (χ0) is 18.2. The molecular weight excluding hydrogens is 381 g/mol. The first-order valence-electron chi connectivity index (χ1n) is 7.37. The summed E-state index contributed by atoms with van der Waals surface area (Å²) in [4.78, 5) is 19.4. The number of hydrogen-bond donors (Lipinski definition) is 1. The van der Waals surface area contributed by atoms with Gasteiger partial charge >= 0.3 is 0 Å². The molecule has 8 heteroatoms. The van der Waals surface area contributed by atoms with Crippen LogP contribution in [0.3, 0.4) is 0 Å². The Balaban J connectivity index is 2.87. The van der Waals surface area contributed by atoms with Crippen molar-refractivity contribution in [1.82, 2.24) is 5.06 Å². The number of nitrogens with one attached hydrogen (secondary N) is 1. The van der Waals surface area contributed by atoms with Gasteiger partial charge < -0.3 is 4.74 Å². The van der Waals surface area contributed by atoms with Crippen molar-refractivity contribution in [2.45, 2.75) is 39.3 Å². The standard InChI is InChI=1S/C16H21BrFN3O3/c1-16(2,3)24-21(15(19)20-11-22)10-12-5-6-14(13(17)9-12)23-8-4-7-18/h5-6,9,19H,4,7-8,10H2,1-3H3. The van der Waals surface area contributed by atoms with E-state index in [0.717, 1.165) is 5.56 Å². The molecule has 1 aromatic carbocycles. The summed E-state index contributed by atoms with van der Waals surface area (Å²) in [5, 5.41) is 9.00. The van der Waals surface area contributed by atoms with Crippen LogP contribution < -0.4 is 4.74 Å². The number of nitrogens with zero attached hydrogens (tertiary/aromatic N) is 2. The van der Waals surface area contributed by atoms with Gasteiger partial charge in [0.05, 0.1) is 29.9 Å². The highest BCUT2D eigenvalue weighted by Crippen LogP contribution is 2.27. The highest BCUT2D eigenvalue weighted by atomic mass is 79.9. The molecule has 0 aliphatic carbocycles. The zero-order valence-electron chi connectivity index (χ0n) is 13.9. The lowest BCUT2D eigenvalue weighted by atomic mass is 10.2. The van der Waals surface area contributed by atoms with E-state index >= 15 is 0 Å². The fourth-order valence-corrected chi connectivity index (χ4v) is 2.28. The first-order chi connectivity index (χ1) is 11.3. The number of halogens is 2. The maximum atomic E-state index is 12.1. The van der Waals surface area contributed by atoms with Crippen molar-refractivity contribution in [2.24, 2.45) is 4.99 Å². The summed E-state index contributed by atoms with van der Waals surface area (Å²) in [5.74, 6) is 0.274. The maximum Gasteiger partial charge on any atom is 0.253 e. The fraction of sp³-hybridized carbons (Fsp3) is 0.500. The minimum Gasteiger partial charge on any atom is -0.492 e. The molecule has 6 nitrogen and oxygen atoms in total. The average molecular weight is 402 g/mol. The Morgan fingerprint density at radius 1 is 1.46 bits per heavy atom. The number of hydroxylamine groups is 2. The highest BCUT2D eigenvalue weighted by molar-refractivity contribution is 9.10. The van der Waals surface area contributed by atoms with E-state index in [-0.39, 0.29) is 12.5 Å². The third-order valence-electron chi connectivity index (χ3n) is 2.63. The Bertz CT molecular complexity index is 613. The van der Waals surface area contributed by atoms with Crippen LogP contribution in [0.2, 0.25) is 0 Å². The Kier molecular flexibility index (Phi) is 8.04. The Morgan fingerprint density at radius 2 is 2.17 bits per heavy atom. The lowest BCUT2D eigenvalue weighted by Gasteiger charge is -2.29. The lowest BCUT2D eigenvalue weighted by Crippen LogP contribution is -2.36. The summed E-state index contributed by atoms with van der Waals surface area (Å²) in [6.45, 7) is 5.58. The van der Waals surface area contributed by atoms with Crippen LogP contribution in [0, 0.1) is 5.41 Å². The first kappa shape index (κ1) is 20.3. The van der Waals surface area contributed by atoms with Crippen LogP contribution in [-0.4, -0.2) is 36.0 Å². The Morgan fingerprint density at radius 3 is 2.71 bits per heavy atom. The SMILES string of the molecule is CC(C)(C)ON(Cc1ccc(OCCCF)c(Br)c1)C(=N)N=C=O. The quantitative estimate of drug-likeness (QED) is 0.246. The summed E-state index contributed by atoms with van der Waals surface area (Å²) in [6, 6.07) is 5.35. The first-order valence-corrected chi connectivity index (χ1v) is 8.16. The van der Waals surface area contributed by atoms with Gasteiger partial charge in [-0.15, -0.1) is 4.99 Å². The number of aliphatic imine (C=N–C) groups is 1. The Labute approximate surface area is 149 Å². The van der Waals surface area contributed by atoms with Gasteiger partial charge in [0.2, 0.25) is 6.08 Å². The lowest BCUT2D eigenvalue weighted by molar-refractivity contribution is -0.188. The van der Waals surface area contributed by atoms with Crippen LogP contribution in [-0.2, 0) is 16.2 Å². The molecule has 24 heavy (non-hydrogen) atoms.